The minimum atomic E-state index is 0.179. The average Bonchev–Trinajstić information content (AvgIpc) is 3.31. The maximum atomic E-state index is 8.47. The molecule has 0 saturated carbocycles. The summed E-state index contributed by atoms with van der Waals surface area (Å²) in [5.41, 5.74) is 6.03. The van der Waals surface area contributed by atoms with Gasteiger partial charge in [-0.25, -0.2) is 9.98 Å². The third-order valence-electron chi connectivity index (χ3n) is 6.36. The Kier molecular flexibility index (Phi) is 5.97. The van der Waals surface area contributed by atoms with Crippen molar-refractivity contribution in [2.45, 2.75) is 0 Å². The van der Waals surface area contributed by atoms with Crippen LogP contribution in [0.1, 0.15) is 16.7 Å². The van der Waals surface area contributed by atoms with E-state index in [1.165, 1.54) is 21.8 Å². The molecule has 1 aromatic heterocycles. The quantitative estimate of drug-likeness (QED) is 0.200. The highest BCUT2D eigenvalue weighted by Crippen LogP contribution is 2.31. The number of aliphatic imine (C=N–C) groups is 2. The molecule has 4 nitrogen and oxygen atoms in total. The standard InChI is InChI=1S/C33H24N4/c34-32(25-11-3-1-4-12-25)36-33(26-13-5-2-6-14-26)35-23-24-19-21-27(22-20-24)37-30-17-9-7-15-28(30)29-16-8-10-18-31(29)37/h1-23,34H. The second-order valence-electron chi connectivity index (χ2n) is 8.74. The Balaban J connectivity index is 1.35. The minimum Gasteiger partial charge on any atom is -0.309 e. The van der Waals surface area contributed by atoms with Crippen LogP contribution in [0.15, 0.2) is 143 Å². The Morgan fingerprint density at radius 2 is 1.08 bits per heavy atom. The number of nitrogens with one attached hydrogen (secondary N) is 1. The van der Waals surface area contributed by atoms with Crippen molar-refractivity contribution in [3.63, 3.8) is 0 Å². The molecule has 6 rings (SSSR count). The van der Waals surface area contributed by atoms with Crippen molar-refractivity contribution in [3.8, 4) is 5.69 Å². The average molecular weight is 477 g/mol. The van der Waals surface area contributed by atoms with Crippen molar-refractivity contribution in [1.82, 2.24) is 4.57 Å². The van der Waals surface area contributed by atoms with Crippen molar-refractivity contribution in [2.24, 2.45) is 9.98 Å². The molecule has 0 amide bonds. The molecule has 0 aliphatic rings. The molecule has 0 fully saturated rings. The summed E-state index contributed by atoms with van der Waals surface area (Å²) in [5.74, 6) is 0.680. The van der Waals surface area contributed by atoms with Crippen LogP contribution in [0, 0.1) is 5.41 Å². The van der Waals surface area contributed by atoms with Gasteiger partial charge in [0.1, 0.15) is 0 Å². The summed E-state index contributed by atoms with van der Waals surface area (Å²) >= 11 is 0. The first-order valence-electron chi connectivity index (χ1n) is 12.2. The lowest BCUT2D eigenvalue weighted by molar-refractivity contribution is 1.18. The molecule has 37 heavy (non-hydrogen) atoms. The Morgan fingerprint density at radius 1 is 0.568 bits per heavy atom. The first-order valence-corrected chi connectivity index (χ1v) is 12.2. The van der Waals surface area contributed by atoms with Gasteiger partial charge >= 0.3 is 0 Å². The number of hydrogen-bond donors (Lipinski definition) is 1. The number of aromatic nitrogens is 1. The summed E-state index contributed by atoms with van der Waals surface area (Å²) < 4.78 is 2.30. The smallest absolute Gasteiger partial charge is 0.161 e. The fourth-order valence-electron chi connectivity index (χ4n) is 4.57. The number of nitrogens with zero attached hydrogens (tertiary/aromatic N) is 3. The Labute approximate surface area is 215 Å². The molecular weight excluding hydrogens is 452 g/mol. The Morgan fingerprint density at radius 3 is 1.68 bits per heavy atom. The number of fused-ring (bicyclic) bond motifs is 3. The maximum absolute atomic E-state index is 8.47. The van der Waals surface area contributed by atoms with Crippen LogP contribution in [-0.4, -0.2) is 22.5 Å². The highest BCUT2D eigenvalue weighted by atomic mass is 15.0. The van der Waals surface area contributed by atoms with Gasteiger partial charge in [-0.05, 0) is 29.8 Å². The van der Waals surface area contributed by atoms with Gasteiger partial charge in [0.05, 0.1) is 11.0 Å². The van der Waals surface area contributed by atoms with E-state index in [0.717, 1.165) is 22.4 Å². The number of para-hydroxylation sites is 2. The van der Waals surface area contributed by atoms with Gasteiger partial charge in [0.25, 0.3) is 0 Å². The zero-order valence-electron chi connectivity index (χ0n) is 20.1. The van der Waals surface area contributed by atoms with Crippen LogP contribution in [0.2, 0.25) is 0 Å². The van der Waals surface area contributed by atoms with E-state index in [4.69, 9.17) is 10.4 Å². The fraction of sp³-hybridized carbons (Fsp3) is 0. The molecule has 1 heterocycles. The molecule has 0 bridgehead atoms. The van der Waals surface area contributed by atoms with E-state index in [1.807, 2.05) is 60.7 Å². The second kappa shape index (κ2) is 9.88. The van der Waals surface area contributed by atoms with Gasteiger partial charge in [-0.3, -0.25) is 5.41 Å². The van der Waals surface area contributed by atoms with Crippen LogP contribution < -0.4 is 0 Å². The topological polar surface area (TPSA) is 53.5 Å². The monoisotopic (exact) mass is 476 g/mol. The summed E-state index contributed by atoms with van der Waals surface area (Å²) in [5, 5.41) is 11.0. The highest BCUT2D eigenvalue weighted by molar-refractivity contribution is 6.13. The van der Waals surface area contributed by atoms with Gasteiger partial charge in [0.2, 0.25) is 0 Å². The third kappa shape index (κ3) is 4.48. The molecule has 0 atom stereocenters. The lowest BCUT2D eigenvalue weighted by Crippen LogP contribution is -2.04. The van der Waals surface area contributed by atoms with E-state index >= 15 is 0 Å². The van der Waals surface area contributed by atoms with Crippen molar-refractivity contribution in [1.29, 1.82) is 5.41 Å². The fourth-order valence-corrected chi connectivity index (χ4v) is 4.57. The molecule has 0 radical (unpaired) electrons. The van der Waals surface area contributed by atoms with E-state index in [1.54, 1.807) is 6.21 Å². The lowest BCUT2D eigenvalue weighted by Gasteiger charge is -2.08. The van der Waals surface area contributed by atoms with Gasteiger partial charge < -0.3 is 4.57 Å². The van der Waals surface area contributed by atoms with Crippen molar-refractivity contribution < 1.29 is 0 Å². The van der Waals surface area contributed by atoms with Gasteiger partial charge in [-0.2, -0.15) is 0 Å². The number of amidine groups is 2. The maximum Gasteiger partial charge on any atom is 0.161 e. The predicted octanol–water partition coefficient (Wildman–Crippen LogP) is 7.67. The van der Waals surface area contributed by atoms with Crippen molar-refractivity contribution >= 4 is 39.7 Å². The molecule has 0 saturated heterocycles. The summed E-state index contributed by atoms with van der Waals surface area (Å²) in [6.45, 7) is 0. The number of rotatable bonds is 4. The zero-order valence-corrected chi connectivity index (χ0v) is 20.1. The molecule has 6 aromatic rings. The largest absolute Gasteiger partial charge is 0.309 e. The highest BCUT2D eigenvalue weighted by Gasteiger charge is 2.11. The molecule has 4 heteroatoms. The number of hydrogen-bond acceptors (Lipinski definition) is 1. The Hall–Kier alpha value is -5.09. The molecular formula is C33H24N4. The van der Waals surface area contributed by atoms with E-state index in [2.05, 4.69) is 82.4 Å². The van der Waals surface area contributed by atoms with E-state index in [-0.39, 0.29) is 5.84 Å². The van der Waals surface area contributed by atoms with Crippen LogP contribution >= 0.6 is 0 Å². The third-order valence-corrected chi connectivity index (χ3v) is 6.36. The molecule has 176 valence electrons. The van der Waals surface area contributed by atoms with E-state index in [9.17, 15) is 0 Å². The summed E-state index contributed by atoms with van der Waals surface area (Å²) in [4.78, 5) is 9.26. The van der Waals surface area contributed by atoms with Gasteiger partial charge in [-0.15, -0.1) is 0 Å². The van der Waals surface area contributed by atoms with Crippen LogP contribution in [0.3, 0.4) is 0 Å². The van der Waals surface area contributed by atoms with Gasteiger partial charge in [-0.1, -0.05) is 109 Å². The van der Waals surface area contributed by atoms with Gasteiger partial charge in [0.15, 0.2) is 11.7 Å². The summed E-state index contributed by atoms with van der Waals surface area (Å²) in [6, 6.07) is 44.6. The van der Waals surface area contributed by atoms with Gasteiger partial charge in [0, 0.05) is 33.8 Å². The SMILES string of the molecule is N=C(N=C(N=Cc1ccc(-n2c3ccccc3c3ccccc32)cc1)c1ccccc1)c1ccccc1. The first-order chi connectivity index (χ1) is 18.3. The first kappa shape index (κ1) is 22.4. The van der Waals surface area contributed by atoms with Crippen molar-refractivity contribution in [2.75, 3.05) is 0 Å². The van der Waals surface area contributed by atoms with Crippen LogP contribution in [-0.2, 0) is 0 Å². The Bertz CT molecular complexity index is 1710. The second-order valence-corrected chi connectivity index (χ2v) is 8.74. The summed E-state index contributed by atoms with van der Waals surface area (Å²) in [6.07, 6.45) is 1.81. The lowest BCUT2D eigenvalue weighted by atomic mass is 10.2. The minimum absolute atomic E-state index is 0.179. The molecule has 1 N–H and O–H groups in total. The molecule has 0 aliphatic heterocycles. The molecule has 5 aromatic carbocycles. The van der Waals surface area contributed by atoms with E-state index in [0.29, 0.717) is 5.84 Å². The van der Waals surface area contributed by atoms with Crippen LogP contribution in [0.4, 0.5) is 0 Å². The molecule has 0 unspecified atom stereocenters. The van der Waals surface area contributed by atoms with Crippen LogP contribution in [0.5, 0.6) is 0 Å². The normalized spacial score (nSPS) is 11.9. The zero-order chi connectivity index (χ0) is 25.0. The molecule has 0 aliphatic carbocycles. The van der Waals surface area contributed by atoms with Crippen molar-refractivity contribution in [3.05, 3.63) is 150 Å². The summed E-state index contributed by atoms with van der Waals surface area (Å²) in [7, 11) is 0. The molecule has 0 spiro atoms. The van der Waals surface area contributed by atoms with E-state index < -0.39 is 0 Å². The predicted molar refractivity (Wildman–Crippen MR) is 155 cm³/mol. The van der Waals surface area contributed by atoms with Crippen LogP contribution in [0.25, 0.3) is 27.5 Å². The number of benzene rings is 5.